The summed E-state index contributed by atoms with van der Waals surface area (Å²) in [6.45, 7) is 2.61. The highest BCUT2D eigenvalue weighted by atomic mass is 16.2. The number of aliphatic hydroxyl groups excluding tert-OH is 1. The van der Waals surface area contributed by atoms with Gasteiger partial charge in [0.15, 0.2) is 0 Å². The third-order valence-corrected chi connectivity index (χ3v) is 2.33. The van der Waals surface area contributed by atoms with E-state index >= 15 is 0 Å². The smallest absolute Gasteiger partial charge is 0.0434 e. The quantitative estimate of drug-likeness (QED) is 0.619. The van der Waals surface area contributed by atoms with Crippen LogP contribution in [0.3, 0.4) is 0 Å². The van der Waals surface area contributed by atoms with Crippen molar-refractivity contribution in [2.75, 3.05) is 6.61 Å². The maximum Gasteiger partial charge on any atom is 0.0434 e. The first kappa shape index (κ1) is 8.79. The van der Waals surface area contributed by atoms with Crippen molar-refractivity contribution in [3.8, 4) is 0 Å². The van der Waals surface area contributed by atoms with Gasteiger partial charge in [-0.1, -0.05) is 18.6 Å². The molecule has 0 unspecified atom stereocenters. The average Bonchev–Trinajstić information content (AvgIpc) is 2.01. The number of aliphatic hydroxyl groups is 1. The molecule has 0 aromatic rings. The lowest BCUT2D eigenvalue weighted by atomic mass is 9.90. The van der Waals surface area contributed by atoms with E-state index in [0.717, 1.165) is 18.8 Å². The minimum absolute atomic E-state index is 0.339. The molecule has 1 aliphatic carbocycles. The highest BCUT2D eigenvalue weighted by Crippen LogP contribution is 2.24. The van der Waals surface area contributed by atoms with Crippen molar-refractivity contribution in [2.24, 2.45) is 5.92 Å². The molecule has 0 saturated heterocycles. The lowest BCUT2D eigenvalue weighted by Crippen LogP contribution is -2.01. The van der Waals surface area contributed by atoms with E-state index in [1.54, 1.807) is 5.57 Å². The average molecular weight is 154 g/mol. The summed E-state index contributed by atoms with van der Waals surface area (Å²) in [6, 6.07) is 0. The Hall–Kier alpha value is -0.300. The van der Waals surface area contributed by atoms with Crippen LogP contribution in [0, 0.1) is 5.92 Å². The van der Waals surface area contributed by atoms with E-state index in [2.05, 4.69) is 13.0 Å². The zero-order valence-electron chi connectivity index (χ0n) is 7.34. The van der Waals surface area contributed by atoms with Crippen molar-refractivity contribution < 1.29 is 5.11 Å². The molecule has 1 heteroatoms. The van der Waals surface area contributed by atoms with Crippen LogP contribution in [0.1, 0.15) is 39.0 Å². The van der Waals surface area contributed by atoms with Gasteiger partial charge < -0.3 is 5.11 Å². The first-order valence-electron chi connectivity index (χ1n) is 4.63. The van der Waals surface area contributed by atoms with Gasteiger partial charge in [0.05, 0.1) is 0 Å². The van der Waals surface area contributed by atoms with Gasteiger partial charge in [-0.15, -0.1) is 0 Å². The van der Waals surface area contributed by atoms with Gasteiger partial charge in [-0.25, -0.2) is 0 Å². The van der Waals surface area contributed by atoms with E-state index in [-0.39, 0.29) is 0 Å². The highest BCUT2D eigenvalue weighted by molar-refractivity contribution is 5.06. The van der Waals surface area contributed by atoms with Crippen LogP contribution in [0.5, 0.6) is 0 Å². The summed E-state index contributed by atoms with van der Waals surface area (Å²) >= 11 is 0. The fraction of sp³-hybridized carbons (Fsp3) is 0.800. The summed E-state index contributed by atoms with van der Waals surface area (Å²) < 4.78 is 0. The second-order valence-corrected chi connectivity index (χ2v) is 3.52. The molecular weight excluding hydrogens is 136 g/mol. The fourth-order valence-corrected chi connectivity index (χ4v) is 1.73. The Balaban J connectivity index is 2.31. The highest BCUT2D eigenvalue weighted by Gasteiger charge is 2.08. The molecule has 1 N–H and O–H groups in total. The molecule has 64 valence electrons. The maximum absolute atomic E-state index is 8.64. The third-order valence-electron chi connectivity index (χ3n) is 2.33. The van der Waals surface area contributed by atoms with E-state index in [4.69, 9.17) is 5.11 Å². The van der Waals surface area contributed by atoms with Gasteiger partial charge in [-0.2, -0.15) is 0 Å². The van der Waals surface area contributed by atoms with Crippen LogP contribution in [0.15, 0.2) is 11.6 Å². The minimum atomic E-state index is 0.339. The topological polar surface area (TPSA) is 20.2 Å². The normalized spacial score (nSPS) is 24.9. The molecule has 0 fully saturated rings. The second-order valence-electron chi connectivity index (χ2n) is 3.52. The third kappa shape index (κ3) is 3.06. The monoisotopic (exact) mass is 154 g/mol. The molecule has 0 saturated carbocycles. The van der Waals surface area contributed by atoms with Crippen LogP contribution >= 0.6 is 0 Å². The van der Waals surface area contributed by atoms with Crippen LogP contribution in [0.25, 0.3) is 0 Å². The van der Waals surface area contributed by atoms with Crippen LogP contribution in [0.2, 0.25) is 0 Å². The largest absolute Gasteiger partial charge is 0.396 e. The fourth-order valence-electron chi connectivity index (χ4n) is 1.73. The summed E-state index contributed by atoms with van der Waals surface area (Å²) in [5.41, 5.74) is 1.57. The van der Waals surface area contributed by atoms with Crippen LogP contribution in [0.4, 0.5) is 0 Å². The summed E-state index contributed by atoms with van der Waals surface area (Å²) in [5, 5.41) is 8.64. The van der Waals surface area contributed by atoms with Gasteiger partial charge in [0, 0.05) is 6.61 Å². The van der Waals surface area contributed by atoms with Crippen LogP contribution in [-0.2, 0) is 0 Å². The molecule has 1 nitrogen and oxygen atoms in total. The van der Waals surface area contributed by atoms with Crippen molar-refractivity contribution in [1.82, 2.24) is 0 Å². The molecule has 1 rings (SSSR count). The van der Waals surface area contributed by atoms with Gasteiger partial charge in [0.2, 0.25) is 0 Å². The molecule has 0 aliphatic heterocycles. The van der Waals surface area contributed by atoms with Crippen molar-refractivity contribution >= 4 is 0 Å². The summed E-state index contributed by atoms with van der Waals surface area (Å²) in [5.74, 6) is 0.775. The van der Waals surface area contributed by atoms with E-state index in [9.17, 15) is 0 Å². The van der Waals surface area contributed by atoms with Gasteiger partial charge in [-0.3, -0.25) is 0 Å². The minimum Gasteiger partial charge on any atom is -0.396 e. The SMILES string of the molecule is C[C@@H]1C=C(CCCO)CCC1. The molecule has 0 amide bonds. The zero-order chi connectivity index (χ0) is 8.10. The van der Waals surface area contributed by atoms with Crippen molar-refractivity contribution in [1.29, 1.82) is 0 Å². The summed E-state index contributed by atoms with van der Waals surface area (Å²) in [7, 11) is 0. The number of hydrogen-bond donors (Lipinski definition) is 1. The standard InChI is InChI=1S/C10H18O/c1-9-4-2-5-10(8-9)6-3-7-11/h8-9,11H,2-7H2,1H3/t9-/m0/s1. The Kier molecular flexibility index (Phi) is 3.64. The lowest BCUT2D eigenvalue weighted by molar-refractivity contribution is 0.287. The summed E-state index contributed by atoms with van der Waals surface area (Å²) in [4.78, 5) is 0. The van der Waals surface area contributed by atoms with Crippen LogP contribution < -0.4 is 0 Å². The maximum atomic E-state index is 8.64. The predicted molar refractivity (Wildman–Crippen MR) is 47.4 cm³/mol. The van der Waals surface area contributed by atoms with Gasteiger partial charge in [-0.05, 0) is 38.0 Å². The Morgan fingerprint density at radius 1 is 1.64 bits per heavy atom. The Bertz CT molecular complexity index is 138. The molecular formula is C10H18O. The lowest BCUT2D eigenvalue weighted by Gasteiger charge is -2.17. The number of rotatable bonds is 3. The summed E-state index contributed by atoms with van der Waals surface area (Å²) in [6.07, 6.45) is 8.41. The first-order valence-corrected chi connectivity index (χ1v) is 4.63. The van der Waals surface area contributed by atoms with Gasteiger partial charge in [0.1, 0.15) is 0 Å². The molecule has 0 heterocycles. The van der Waals surface area contributed by atoms with E-state index in [0.29, 0.717) is 6.61 Å². The van der Waals surface area contributed by atoms with Gasteiger partial charge >= 0.3 is 0 Å². The van der Waals surface area contributed by atoms with E-state index in [1.165, 1.54) is 19.3 Å². The zero-order valence-corrected chi connectivity index (χ0v) is 7.34. The molecule has 0 aromatic carbocycles. The molecule has 11 heavy (non-hydrogen) atoms. The Morgan fingerprint density at radius 3 is 3.09 bits per heavy atom. The van der Waals surface area contributed by atoms with E-state index < -0.39 is 0 Å². The van der Waals surface area contributed by atoms with Crippen molar-refractivity contribution in [3.63, 3.8) is 0 Å². The molecule has 0 spiro atoms. The molecule has 0 radical (unpaired) electrons. The van der Waals surface area contributed by atoms with Gasteiger partial charge in [0.25, 0.3) is 0 Å². The van der Waals surface area contributed by atoms with Crippen molar-refractivity contribution in [3.05, 3.63) is 11.6 Å². The van der Waals surface area contributed by atoms with Crippen LogP contribution in [-0.4, -0.2) is 11.7 Å². The van der Waals surface area contributed by atoms with Crippen molar-refractivity contribution in [2.45, 2.75) is 39.0 Å². The van der Waals surface area contributed by atoms with E-state index in [1.807, 2.05) is 0 Å². The Labute approximate surface area is 69.1 Å². The molecule has 1 aliphatic rings. The first-order chi connectivity index (χ1) is 5.33. The number of allylic oxidation sites excluding steroid dienone is 2. The number of hydrogen-bond acceptors (Lipinski definition) is 1. The predicted octanol–water partition coefficient (Wildman–Crippen LogP) is 2.51. The molecule has 0 aromatic heterocycles. The molecule has 1 atom stereocenters. The second kappa shape index (κ2) is 4.55. The Morgan fingerprint density at radius 2 is 2.45 bits per heavy atom. The molecule has 0 bridgehead atoms.